The number of hydrogen-bond acceptors (Lipinski definition) is 4. The molecule has 1 rings (SSSR count). The molecule has 1 heterocycles. The first-order valence-corrected chi connectivity index (χ1v) is 3.82. The second-order valence-corrected chi connectivity index (χ2v) is 2.94. The molecule has 4 heteroatoms. The molecule has 9 heavy (non-hydrogen) atoms. The Hall–Kier alpha value is -0.220. The Morgan fingerprint density at radius 2 is 2.67 bits per heavy atom. The summed E-state index contributed by atoms with van der Waals surface area (Å²) < 4.78 is 4.51. The molecule has 52 valence electrons. The molecule has 0 amide bonds. The Balaban J connectivity index is 2.32. The van der Waals surface area contributed by atoms with Gasteiger partial charge in [-0.1, -0.05) is 0 Å². The number of hydrogen-bond donors (Lipinski definition) is 1. The SMILES string of the molecule is COC(=O)[C@H]1NCCS1. The largest absolute Gasteiger partial charge is 0.467 e. The molecule has 1 aliphatic rings. The van der Waals surface area contributed by atoms with Gasteiger partial charge >= 0.3 is 5.97 Å². The highest BCUT2D eigenvalue weighted by molar-refractivity contribution is 8.00. The summed E-state index contributed by atoms with van der Waals surface area (Å²) in [5.74, 6) is 0.831. The van der Waals surface area contributed by atoms with Crippen LogP contribution in [0.4, 0.5) is 0 Å². The molecule has 3 nitrogen and oxygen atoms in total. The van der Waals surface area contributed by atoms with Gasteiger partial charge in [0.2, 0.25) is 0 Å². The maximum Gasteiger partial charge on any atom is 0.333 e. The highest BCUT2D eigenvalue weighted by atomic mass is 32.2. The van der Waals surface area contributed by atoms with Gasteiger partial charge in [0, 0.05) is 12.3 Å². The lowest BCUT2D eigenvalue weighted by Crippen LogP contribution is -2.29. The average Bonchev–Trinajstić information content (AvgIpc) is 2.37. The van der Waals surface area contributed by atoms with E-state index in [1.807, 2.05) is 0 Å². The summed E-state index contributed by atoms with van der Waals surface area (Å²) in [6, 6.07) is 0. The van der Waals surface area contributed by atoms with Gasteiger partial charge in [0.1, 0.15) is 0 Å². The van der Waals surface area contributed by atoms with Gasteiger partial charge < -0.3 is 4.74 Å². The van der Waals surface area contributed by atoms with E-state index < -0.39 is 0 Å². The van der Waals surface area contributed by atoms with Crippen LogP contribution in [-0.2, 0) is 9.53 Å². The lowest BCUT2D eigenvalue weighted by molar-refractivity contribution is -0.140. The number of methoxy groups -OCH3 is 1. The summed E-state index contributed by atoms with van der Waals surface area (Å²) in [4.78, 5) is 10.7. The van der Waals surface area contributed by atoms with Crippen LogP contribution in [0.3, 0.4) is 0 Å². The monoisotopic (exact) mass is 147 g/mol. The summed E-state index contributed by atoms with van der Waals surface area (Å²) in [5, 5.41) is 2.88. The third-order valence-corrected chi connectivity index (χ3v) is 2.26. The fourth-order valence-electron chi connectivity index (χ4n) is 0.684. The predicted molar refractivity (Wildman–Crippen MR) is 36.3 cm³/mol. The number of carbonyl (C=O) groups excluding carboxylic acids is 1. The average molecular weight is 147 g/mol. The first kappa shape index (κ1) is 6.89. The van der Waals surface area contributed by atoms with Gasteiger partial charge in [0.25, 0.3) is 0 Å². The molecule has 0 bridgehead atoms. The zero-order valence-electron chi connectivity index (χ0n) is 5.22. The summed E-state index contributed by atoms with van der Waals surface area (Å²) in [6.07, 6.45) is 0. The van der Waals surface area contributed by atoms with E-state index in [4.69, 9.17) is 0 Å². The predicted octanol–water partition coefficient (Wildman–Crippen LogP) is -0.178. The molecule has 0 saturated carbocycles. The van der Waals surface area contributed by atoms with Crippen molar-refractivity contribution in [2.24, 2.45) is 0 Å². The summed E-state index contributed by atoms with van der Waals surface area (Å²) in [7, 11) is 1.41. The van der Waals surface area contributed by atoms with Crippen LogP contribution in [0.15, 0.2) is 0 Å². The molecule has 0 aromatic carbocycles. The molecule has 0 spiro atoms. The lowest BCUT2D eigenvalue weighted by Gasteiger charge is -2.04. The van der Waals surface area contributed by atoms with E-state index in [-0.39, 0.29) is 11.3 Å². The summed E-state index contributed by atoms with van der Waals surface area (Å²) in [6.45, 7) is 0.907. The van der Waals surface area contributed by atoms with E-state index in [0.717, 1.165) is 12.3 Å². The molecular weight excluding hydrogens is 138 g/mol. The number of esters is 1. The summed E-state index contributed by atoms with van der Waals surface area (Å²) >= 11 is 1.59. The fraction of sp³-hybridized carbons (Fsp3) is 0.800. The Morgan fingerprint density at radius 1 is 1.89 bits per heavy atom. The zero-order valence-corrected chi connectivity index (χ0v) is 6.03. The van der Waals surface area contributed by atoms with Crippen molar-refractivity contribution in [2.75, 3.05) is 19.4 Å². The van der Waals surface area contributed by atoms with Crippen molar-refractivity contribution in [3.8, 4) is 0 Å². The summed E-state index contributed by atoms with van der Waals surface area (Å²) in [5.41, 5.74) is 0. The highest BCUT2D eigenvalue weighted by Gasteiger charge is 2.22. The Morgan fingerprint density at radius 3 is 3.11 bits per heavy atom. The minimum Gasteiger partial charge on any atom is -0.467 e. The Kier molecular flexibility index (Phi) is 2.36. The van der Waals surface area contributed by atoms with Gasteiger partial charge in [-0.3, -0.25) is 5.32 Å². The molecule has 1 atom stereocenters. The van der Waals surface area contributed by atoms with E-state index >= 15 is 0 Å². The molecular formula is C5H9NO2S. The minimum atomic E-state index is -0.169. The molecule has 0 aromatic rings. The smallest absolute Gasteiger partial charge is 0.333 e. The maximum atomic E-state index is 10.7. The lowest BCUT2D eigenvalue weighted by atomic mass is 10.6. The van der Waals surface area contributed by atoms with Crippen LogP contribution in [-0.4, -0.2) is 30.8 Å². The molecule has 0 aliphatic carbocycles. The van der Waals surface area contributed by atoms with E-state index in [9.17, 15) is 4.79 Å². The standard InChI is InChI=1S/C5H9NO2S/c1-8-5(7)4-6-2-3-9-4/h4,6H,2-3H2,1H3/t4-/m0/s1. The van der Waals surface area contributed by atoms with Gasteiger partial charge in [-0.05, 0) is 0 Å². The van der Waals surface area contributed by atoms with Crippen LogP contribution in [0, 0.1) is 0 Å². The van der Waals surface area contributed by atoms with Crippen molar-refractivity contribution in [3.63, 3.8) is 0 Å². The van der Waals surface area contributed by atoms with Crippen molar-refractivity contribution in [1.29, 1.82) is 0 Å². The van der Waals surface area contributed by atoms with Gasteiger partial charge in [-0.15, -0.1) is 11.8 Å². The van der Waals surface area contributed by atoms with Crippen molar-refractivity contribution in [1.82, 2.24) is 5.32 Å². The number of carbonyl (C=O) groups is 1. The second-order valence-electron chi connectivity index (χ2n) is 1.73. The van der Waals surface area contributed by atoms with Crippen molar-refractivity contribution >= 4 is 17.7 Å². The van der Waals surface area contributed by atoms with Gasteiger partial charge in [0.05, 0.1) is 7.11 Å². The van der Waals surface area contributed by atoms with Crippen molar-refractivity contribution in [2.45, 2.75) is 5.37 Å². The number of thioether (sulfide) groups is 1. The van der Waals surface area contributed by atoms with Gasteiger partial charge in [-0.25, -0.2) is 4.79 Å². The number of nitrogens with one attached hydrogen (secondary N) is 1. The molecule has 0 aromatic heterocycles. The molecule has 0 unspecified atom stereocenters. The normalized spacial score (nSPS) is 26.1. The topological polar surface area (TPSA) is 38.3 Å². The van der Waals surface area contributed by atoms with Gasteiger partial charge in [-0.2, -0.15) is 0 Å². The van der Waals surface area contributed by atoms with Crippen LogP contribution < -0.4 is 5.32 Å². The highest BCUT2D eigenvalue weighted by Crippen LogP contribution is 2.13. The quantitative estimate of drug-likeness (QED) is 0.522. The van der Waals surface area contributed by atoms with Gasteiger partial charge in [0.15, 0.2) is 5.37 Å². The third kappa shape index (κ3) is 1.59. The van der Waals surface area contributed by atoms with E-state index in [0.29, 0.717) is 0 Å². The zero-order chi connectivity index (χ0) is 6.69. The van der Waals surface area contributed by atoms with Crippen LogP contribution >= 0.6 is 11.8 Å². The molecule has 1 fully saturated rings. The molecule has 1 saturated heterocycles. The van der Waals surface area contributed by atoms with Crippen LogP contribution in [0.2, 0.25) is 0 Å². The van der Waals surface area contributed by atoms with Crippen LogP contribution in [0.1, 0.15) is 0 Å². The molecule has 1 aliphatic heterocycles. The first-order chi connectivity index (χ1) is 4.34. The van der Waals surface area contributed by atoms with E-state index in [1.165, 1.54) is 7.11 Å². The number of ether oxygens (including phenoxy) is 1. The fourth-order valence-corrected chi connectivity index (χ4v) is 1.62. The Bertz CT molecular complexity index is 112. The Labute approximate surface area is 58.1 Å². The van der Waals surface area contributed by atoms with Crippen LogP contribution in [0.25, 0.3) is 0 Å². The molecule has 0 radical (unpaired) electrons. The number of rotatable bonds is 1. The third-order valence-electron chi connectivity index (χ3n) is 1.13. The second kappa shape index (κ2) is 3.08. The van der Waals surface area contributed by atoms with Crippen molar-refractivity contribution < 1.29 is 9.53 Å². The first-order valence-electron chi connectivity index (χ1n) is 2.77. The van der Waals surface area contributed by atoms with E-state index in [1.54, 1.807) is 11.8 Å². The van der Waals surface area contributed by atoms with Crippen LogP contribution in [0.5, 0.6) is 0 Å². The minimum absolute atomic E-state index is 0.116. The maximum absolute atomic E-state index is 10.7. The van der Waals surface area contributed by atoms with E-state index in [2.05, 4.69) is 10.1 Å². The van der Waals surface area contributed by atoms with Crippen molar-refractivity contribution in [3.05, 3.63) is 0 Å². The molecule has 1 N–H and O–H groups in total.